The van der Waals surface area contributed by atoms with Crippen molar-refractivity contribution < 1.29 is 23.7 Å². The summed E-state index contributed by atoms with van der Waals surface area (Å²) in [5.74, 6) is 1.39. The number of nitrogens with zero attached hydrogens (tertiary/aromatic N) is 1. The quantitative estimate of drug-likeness (QED) is 0.141. The Labute approximate surface area is 243 Å². The molecule has 0 spiro atoms. The number of carbonyl (C=O) groups is 1. The number of ether oxygens (including phenoxy) is 4. The molecule has 0 aromatic heterocycles. The van der Waals surface area contributed by atoms with E-state index in [9.17, 15) is 4.79 Å². The van der Waals surface area contributed by atoms with E-state index in [1.807, 2.05) is 55.5 Å². The van der Waals surface area contributed by atoms with Crippen LogP contribution in [0.3, 0.4) is 0 Å². The number of halogens is 2. The standard InChI is InChI=1S/C31H28Cl2N2O5/c1-3-38-29-16-22(15-26(33)30(29)40-20-24-11-7-8-12-25(24)32)18-34-35-31(36)23-13-14-27(28(17-23)37-2)39-19-21-9-5-4-6-10-21/h4-18H,3,19-20H2,1-2H3,(H,35,36)/b34-18+. The highest BCUT2D eigenvalue weighted by Crippen LogP contribution is 2.37. The number of carbonyl (C=O) groups excluding carboxylic acids is 1. The molecule has 0 heterocycles. The van der Waals surface area contributed by atoms with Crippen LogP contribution < -0.4 is 24.4 Å². The van der Waals surface area contributed by atoms with Gasteiger partial charge in [0.15, 0.2) is 23.0 Å². The van der Waals surface area contributed by atoms with E-state index in [1.54, 1.807) is 36.4 Å². The second kappa shape index (κ2) is 14.3. The molecule has 9 heteroatoms. The van der Waals surface area contributed by atoms with E-state index in [0.717, 1.165) is 11.1 Å². The minimum absolute atomic E-state index is 0.225. The third-order valence-corrected chi connectivity index (χ3v) is 6.35. The molecule has 0 saturated heterocycles. The van der Waals surface area contributed by atoms with E-state index in [0.29, 0.717) is 57.4 Å². The zero-order chi connectivity index (χ0) is 28.3. The zero-order valence-corrected chi connectivity index (χ0v) is 23.5. The molecular weight excluding hydrogens is 551 g/mol. The summed E-state index contributed by atoms with van der Waals surface area (Å²) in [6.07, 6.45) is 1.47. The minimum atomic E-state index is -0.417. The number of amides is 1. The normalized spacial score (nSPS) is 10.8. The zero-order valence-electron chi connectivity index (χ0n) is 22.0. The Bertz CT molecular complexity index is 1480. The van der Waals surface area contributed by atoms with Crippen LogP contribution >= 0.6 is 23.2 Å². The van der Waals surface area contributed by atoms with Gasteiger partial charge in [0, 0.05) is 16.1 Å². The number of hydrogen-bond acceptors (Lipinski definition) is 6. The van der Waals surface area contributed by atoms with Crippen molar-refractivity contribution in [2.75, 3.05) is 13.7 Å². The van der Waals surface area contributed by atoms with Crippen molar-refractivity contribution in [2.45, 2.75) is 20.1 Å². The average molecular weight is 579 g/mol. The molecule has 4 aromatic rings. The van der Waals surface area contributed by atoms with Gasteiger partial charge in [-0.15, -0.1) is 0 Å². The van der Waals surface area contributed by atoms with Crippen LogP contribution in [-0.4, -0.2) is 25.8 Å². The van der Waals surface area contributed by atoms with Crippen LogP contribution in [0.1, 0.15) is 34.0 Å². The van der Waals surface area contributed by atoms with Gasteiger partial charge in [-0.05, 0) is 54.4 Å². The van der Waals surface area contributed by atoms with Crippen molar-refractivity contribution >= 4 is 35.3 Å². The molecule has 4 aromatic carbocycles. The van der Waals surface area contributed by atoms with Crippen molar-refractivity contribution in [3.05, 3.63) is 117 Å². The van der Waals surface area contributed by atoms with Gasteiger partial charge in [0.25, 0.3) is 5.91 Å². The molecule has 0 fully saturated rings. The molecule has 40 heavy (non-hydrogen) atoms. The fourth-order valence-electron chi connectivity index (χ4n) is 3.72. The smallest absolute Gasteiger partial charge is 0.271 e. The molecular formula is C31H28Cl2N2O5. The van der Waals surface area contributed by atoms with Crippen LogP contribution in [0.15, 0.2) is 90.0 Å². The van der Waals surface area contributed by atoms with Crippen molar-refractivity contribution in [3.8, 4) is 23.0 Å². The molecule has 1 N–H and O–H groups in total. The summed E-state index contributed by atoms with van der Waals surface area (Å²) in [4.78, 5) is 12.7. The summed E-state index contributed by atoms with van der Waals surface area (Å²) in [5.41, 5.74) is 5.33. The summed E-state index contributed by atoms with van der Waals surface area (Å²) >= 11 is 12.7. The lowest BCUT2D eigenvalue weighted by molar-refractivity contribution is 0.0954. The van der Waals surface area contributed by atoms with Gasteiger partial charge in [-0.25, -0.2) is 5.43 Å². The largest absolute Gasteiger partial charge is 0.493 e. The predicted octanol–water partition coefficient (Wildman–Crippen LogP) is 7.32. The van der Waals surface area contributed by atoms with Gasteiger partial charge in [-0.3, -0.25) is 4.79 Å². The van der Waals surface area contributed by atoms with E-state index >= 15 is 0 Å². The molecule has 4 rings (SSSR count). The second-order valence-electron chi connectivity index (χ2n) is 8.48. The SMILES string of the molecule is CCOc1cc(/C=N/NC(=O)c2ccc(OCc3ccccc3)c(OC)c2)cc(Cl)c1OCc1ccccc1Cl. The Balaban J connectivity index is 1.41. The highest BCUT2D eigenvalue weighted by molar-refractivity contribution is 6.32. The second-order valence-corrected chi connectivity index (χ2v) is 9.30. The van der Waals surface area contributed by atoms with E-state index in [4.69, 9.17) is 42.1 Å². The predicted molar refractivity (Wildman–Crippen MR) is 157 cm³/mol. The molecule has 7 nitrogen and oxygen atoms in total. The van der Waals surface area contributed by atoms with Crippen LogP contribution in [-0.2, 0) is 13.2 Å². The van der Waals surface area contributed by atoms with Gasteiger partial charge in [-0.1, -0.05) is 71.7 Å². The third kappa shape index (κ3) is 7.68. The first-order valence-corrected chi connectivity index (χ1v) is 13.2. The van der Waals surface area contributed by atoms with Crippen LogP contribution in [0.4, 0.5) is 0 Å². The number of methoxy groups -OCH3 is 1. The Hall–Kier alpha value is -4.20. The van der Waals surface area contributed by atoms with Crippen LogP contribution in [0, 0.1) is 0 Å². The minimum Gasteiger partial charge on any atom is -0.493 e. The van der Waals surface area contributed by atoms with E-state index < -0.39 is 5.91 Å². The molecule has 206 valence electrons. The molecule has 0 aliphatic rings. The lowest BCUT2D eigenvalue weighted by Gasteiger charge is -2.15. The van der Waals surface area contributed by atoms with Crippen molar-refractivity contribution in [2.24, 2.45) is 5.10 Å². The number of hydrazone groups is 1. The molecule has 0 aliphatic heterocycles. The Kier molecular flexibility index (Phi) is 10.3. The van der Waals surface area contributed by atoms with Crippen LogP contribution in [0.5, 0.6) is 23.0 Å². The highest BCUT2D eigenvalue weighted by Gasteiger charge is 2.14. The van der Waals surface area contributed by atoms with E-state index in [-0.39, 0.29) is 6.61 Å². The van der Waals surface area contributed by atoms with Crippen molar-refractivity contribution in [1.82, 2.24) is 5.43 Å². The van der Waals surface area contributed by atoms with Crippen LogP contribution in [0.2, 0.25) is 10.0 Å². The first-order chi connectivity index (χ1) is 19.5. The number of benzene rings is 4. The topological polar surface area (TPSA) is 78.4 Å². The van der Waals surface area contributed by atoms with E-state index in [1.165, 1.54) is 13.3 Å². The van der Waals surface area contributed by atoms with Crippen LogP contribution in [0.25, 0.3) is 0 Å². The maximum absolute atomic E-state index is 12.7. The monoisotopic (exact) mass is 578 g/mol. The van der Waals surface area contributed by atoms with Crippen molar-refractivity contribution in [1.29, 1.82) is 0 Å². The molecule has 0 bridgehead atoms. The summed E-state index contributed by atoms with van der Waals surface area (Å²) in [7, 11) is 1.52. The summed E-state index contributed by atoms with van der Waals surface area (Å²) < 4.78 is 23.0. The molecule has 0 radical (unpaired) electrons. The first-order valence-electron chi connectivity index (χ1n) is 12.5. The average Bonchev–Trinajstić information content (AvgIpc) is 2.97. The van der Waals surface area contributed by atoms with Gasteiger partial charge >= 0.3 is 0 Å². The molecule has 0 unspecified atom stereocenters. The lowest BCUT2D eigenvalue weighted by atomic mass is 10.2. The third-order valence-electron chi connectivity index (χ3n) is 5.70. The van der Waals surface area contributed by atoms with Gasteiger partial charge < -0.3 is 18.9 Å². The maximum Gasteiger partial charge on any atom is 0.271 e. The molecule has 0 saturated carbocycles. The summed E-state index contributed by atoms with van der Waals surface area (Å²) in [6, 6.07) is 25.5. The van der Waals surface area contributed by atoms with Crippen molar-refractivity contribution in [3.63, 3.8) is 0 Å². The number of hydrogen-bond donors (Lipinski definition) is 1. The Morgan fingerprint density at radius 1 is 0.825 bits per heavy atom. The van der Waals surface area contributed by atoms with Gasteiger partial charge in [0.1, 0.15) is 13.2 Å². The summed E-state index contributed by atoms with van der Waals surface area (Å²) in [6.45, 7) is 2.87. The number of rotatable bonds is 12. The fraction of sp³-hybridized carbons (Fsp3) is 0.161. The Morgan fingerprint density at radius 2 is 1.60 bits per heavy atom. The summed E-state index contributed by atoms with van der Waals surface area (Å²) in [5, 5.41) is 5.01. The van der Waals surface area contributed by atoms with Gasteiger partial charge in [0.2, 0.25) is 0 Å². The highest BCUT2D eigenvalue weighted by atomic mass is 35.5. The number of nitrogens with one attached hydrogen (secondary N) is 1. The molecule has 1 amide bonds. The lowest BCUT2D eigenvalue weighted by Crippen LogP contribution is -2.17. The van der Waals surface area contributed by atoms with Gasteiger partial charge in [0.05, 0.1) is 25.0 Å². The molecule has 0 atom stereocenters. The van der Waals surface area contributed by atoms with E-state index in [2.05, 4.69) is 10.5 Å². The fourth-order valence-corrected chi connectivity index (χ4v) is 4.19. The van der Waals surface area contributed by atoms with Gasteiger partial charge in [-0.2, -0.15) is 5.10 Å². The molecule has 0 aliphatic carbocycles. The first kappa shape index (κ1) is 28.8. The maximum atomic E-state index is 12.7. The Morgan fingerprint density at radius 3 is 2.35 bits per heavy atom.